The molecule has 158 valence electrons. The fourth-order valence-corrected chi connectivity index (χ4v) is 4.79. The number of fused-ring (bicyclic) bond motifs is 1. The Morgan fingerprint density at radius 1 is 1.10 bits per heavy atom. The lowest BCUT2D eigenvalue weighted by atomic mass is 10.2. The smallest absolute Gasteiger partial charge is 0.232 e. The number of hydrogen-bond acceptors (Lipinski definition) is 7. The summed E-state index contributed by atoms with van der Waals surface area (Å²) in [5.41, 5.74) is 3.07. The molecule has 2 amide bonds. The molecular weight excluding hydrogens is 432 g/mol. The second-order valence-corrected chi connectivity index (χ2v) is 8.57. The highest BCUT2D eigenvalue weighted by atomic mass is 32.1. The third kappa shape index (κ3) is 5.07. The topological polar surface area (TPSA) is 93.2 Å². The second kappa shape index (κ2) is 9.23. The Morgan fingerprint density at radius 2 is 1.94 bits per heavy atom. The van der Waals surface area contributed by atoms with Gasteiger partial charge in [-0.3, -0.25) is 9.59 Å². The van der Waals surface area contributed by atoms with Crippen molar-refractivity contribution in [3.63, 3.8) is 0 Å². The van der Waals surface area contributed by atoms with Crippen LogP contribution in [0, 0.1) is 0 Å². The second-order valence-electron chi connectivity index (χ2n) is 6.68. The quantitative estimate of drug-likeness (QED) is 0.413. The van der Waals surface area contributed by atoms with Gasteiger partial charge in [-0.05, 0) is 37.3 Å². The zero-order valence-corrected chi connectivity index (χ0v) is 18.6. The Balaban J connectivity index is 1.44. The Labute approximate surface area is 187 Å². The van der Waals surface area contributed by atoms with Crippen molar-refractivity contribution >= 4 is 55.5 Å². The highest BCUT2D eigenvalue weighted by Crippen LogP contribution is 2.32. The molecule has 4 rings (SSSR count). The van der Waals surface area contributed by atoms with E-state index in [9.17, 15) is 9.59 Å². The molecule has 0 unspecified atom stereocenters. The number of thiazole rings is 2. The predicted octanol–water partition coefficient (Wildman–Crippen LogP) is 4.96. The van der Waals surface area contributed by atoms with Crippen LogP contribution in [0.4, 0.5) is 10.8 Å². The van der Waals surface area contributed by atoms with Gasteiger partial charge in [0.1, 0.15) is 10.8 Å². The van der Waals surface area contributed by atoms with Gasteiger partial charge in [0.15, 0.2) is 5.13 Å². The molecule has 7 nitrogen and oxygen atoms in total. The maximum atomic E-state index is 12.5. The van der Waals surface area contributed by atoms with Gasteiger partial charge in [0.05, 0.1) is 34.5 Å². The van der Waals surface area contributed by atoms with Gasteiger partial charge < -0.3 is 15.4 Å². The molecule has 0 radical (unpaired) electrons. The fourth-order valence-electron chi connectivity index (χ4n) is 3.02. The van der Waals surface area contributed by atoms with Crippen molar-refractivity contribution in [3.05, 3.63) is 53.5 Å². The molecule has 0 aliphatic rings. The number of hydrogen-bond donors (Lipinski definition) is 2. The van der Waals surface area contributed by atoms with Crippen LogP contribution in [-0.2, 0) is 16.0 Å². The van der Waals surface area contributed by atoms with Gasteiger partial charge in [-0.1, -0.05) is 23.5 Å². The van der Waals surface area contributed by atoms with Crippen LogP contribution in [0.5, 0.6) is 5.75 Å². The molecule has 2 N–H and O–H groups in total. The van der Waals surface area contributed by atoms with E-state index in [0.29, 0.717) is 23.1 Å². The molecule has 2 heterocycles. The predicted molar refractivity (Wildman–Crippen MR) is 125 cm³/mol. The van der Waals surface area contributed by atoms with E-state index in [1.54, 1.807) is 6.07 Å². The highest BCUT2D eigenvalue weighted by molar-refractivity contribution is 7.22. The first kappa shape index (κ1) is 21.0. The van der Waals surface area contributed by atoms with Gasteiger partial charge in [-0.15, -0.1) is 11.3 Å². The van der Waals surface area contributed by atoms with Gasteiger partial charge in [0.2, 0.25) is 11.8 Å². The highest BCUT2D eigenvalue weighted by Gasteiger charge is 2.14. The molecule has 0 spiro atoms. The average Bonchev–Trinajstić information content (AvgIpc) is 3.34. The van der Waals surface area contributed by atoms with Crippen LogP contribution in [0.25, 0.3) is 20.8 Å². The lowest BCUT2D eigenvalue weighted by molar-refractivity contribution is -0.116. The number of amides is 2. The number of nitrogens with zero attached hydrogens (tertiary/aromatic N) is 2. The zero-order chi connectivity index (χ0) is 21.8. The summed E-state index contributed by atoms with van der Waals surface area (Å²) in [5, 5.41) is 8.80. The summed E-state index contributed by atoms with van der Waals surface area (Å²) in [5.74, 6) is 0.462. The number of aromatic nitrogens is 2. The minimum atomic E-state index is -0.184. The van der Waals surface area contributed by atoms with Crippen molar-refractivity contribution in [2.24, 2.45) is 0 Å². The molecule has 9 heteroatoms. The van der Waals surface area contributed by atoms with Gasteiger partial charge in [-0.25, -0.2) is 9.97 Å². The van der Waals surface area contributed by atoms with Crippen molar-refractivity contribution in [2.45, 2.75) is 20.3 Å². The summed E-state index contributed by atoms with van der Waals surface area (Å²) in [4.78, 5) is 32.8. The Bertz CT molecular complexity index is 1250. The maximum Gasteiger partial charge on any atom is 0.232 e. The van der Waals surface area contributed by atoms with E-state index >= 15 is 0 Å². The standard InChI is InChI=1S/C22H20N4O3S2/c1-3-29-18-7-5-4-6-16(18)21-24-15(12-30-21)11-20(28)26-22-25-17-9-8-14(23-13(2)27)10-19(17)31-22/h4-10,12H,3,11H2,1-2H3,(H,23,27)(H,25,26,28). The summed E-state index contributed by atoms with van der Waals surface area (Å²) in [6.07, 6.45) is 0.153. The molecule has 0 aliphatic heterocycles. The molecule has 31 heavy (non-hydrogen) atoms. The zero-order valence-electron chi connectivity index (χ0n) is 17.0. The Kier molecular flexibility index (Phi) is 6.24. The van der Waals surface area contributed by atoms with Crippen molar-refractivity contribution in [1.29, 1.82) is 0 Å². The van der Waals surface area contributed by atoms with Crippen molar-refractivity contribution in [2.75, 3.05) is 17.2 Å². The van der Waals surface area contributed by atoms with Crippen molar-refractivity contribution < 1.29 is 14.3 Å². The first-order valence-electron chi connectivity index (χ1n) is 9.66. The summed E-state index contributed by atoms with van der Waals surface area (Å²) < 4.78 is 6.56. The van der Waals surface area contributed by atoms with Crippen LogP contribution >= 0.6 is 22.7 Å². The number of carbonyl (C=O) groups excluding carboxylic acids is 2. The third-order valence-corrected chi connectivity index (χ3v) is 6.12. The summed E-state index contributed by atoms with van der Waals surface area (Å²) in [7, 11) is 0. The number of rotatable bonds is 7. The number of anilines is 2. The lowest BCUT2D eigenvalue weighted by Crippen LogP contribution is -2.14. The molecule has 2 aromatic carbocycles. The minimum absolute atomic E-state index is 0.135. The Hall–Kier alpha value is -3.30. The third-order valence-electron chi connectivity index (χ3n) is 4.27. The number of ether oxygens (including phenoxy) is 1. The first-order valence-corrected chi connectivity index (χ1v) is 11.4. The van der Waals surface area contributed by atoms with E-state index in [1.807, 2.05) is 48.7 Å². The normalized spacial score (nSPS) is 10.8. The molecular formula is C22H20N4O3S2. The molecule has 0 atom stereocenters. The summed E-state index contributed by atoms with van der Waals surface area (Å²) >= 11 is 2.84. The van der Waals surface area contributed by atoms with E-state index in [2.05, 4.69) is 20.6 Å². The van der Waals surface area contributed by atoms with E-state index in [4.69, 9.17) is 4.74 Å². The number of benzene rings is 2. The van der Waals surface area contributed by atoms with Crippen LogP contribution in [-0.4, -0.2) is 28.4 Å². The molecule has 0 saturated heterocycles. The van der Waals surface area contributed by atoms with Crippen LogP contribution in [0.2, 0.25) is 0 Å². The van der Waals surface area contributed by atoms with Crippen LogP contribution < -0.4 is 15.4 Å². The first-order chi connectivity index (χ1) is 15.0. The summed E-state index contributed by atoms with van der Waals surface area (Å²) in [6, 6.07) is 13.2. The van der Waals surface area contributed by atoms with Crippen LogP contribution in [0.15, 0.2) is 47.8 Å². The number of nitrogens with one attached hydrogen (secondary N) is 2. The van der Waals surface area contributed by atoms with Gasteiger partial charge in [0.25, 0.3) is 0 Å². The van der Waals surface area contributed by atoms with E-state index < -0.39 is 0 Å². The van der Waals surface area contributed by atoms with Crippen LogP contribution in [0.1, 0.15) is 19.5 Å². The monoisotopic (exact) mass is 452 g/mol. The molecule has 0 saturated carbocycles. The van der Waals surface area contributed by atoms with Gasteiger partial charge in [-0.2, -0.15) is 0 Å². The SMILES string of the molecule is CCOc1ccccc1-c1nc(CC(=O)Nc2nc3ccc(NC(C)=O)cc3s2)cs1. The summed E-state index contributed by atoms with van der Waals surface area (Å²) in [6.45, 7) is 3.98. The molecule has 2 aromatic heterocycles. The largest absolute Gasteiger partial charge is 0.493 e. The maximum absolute atomic E-state index is 12.5. The van der Waals surface area contributed by atoms with Gasteiger partial charge >= 0.3 is 0 Å². The molecule has 0 aliphatic carbocycles. The minimum Gasteiger partial charge on any atom is -0.493 e. The Morgan fingerprint density at radius 3 is 2.74 bits per heavy atom. The molecule has 0 fully saturated rings. The fraction of sp³-hybridized carbons (Fsp3) is 0.182. The van der Waals surface area contributed by atoms with Crippen molar-refractivity contribution in [1.82, 2.24) is 9.97 Å². The number of carbonyl (C=O) groups is 2. The molecule has 4 aromatic rings. The lowest BCUT2D eigenvalue weighted by Gasteiger charge is -2.07. The van der Waals surface area contributed by atoms with E-state index in [0.717, 1.165) is 26.5 Å². The van der Waals surface area contributed by atoms with E-state index in [1.165, 1.54) is 29.6 Å². The average molecular weight is 453 g/mol. The molecule has 0 bridgehead atoms. The number of para-hydroxylation sites is 1. The van der Waals surface area contributed by atoms with Crippen LogP contribution in [0.3, 0.4) is 0 Å². The van der Waals surface area contributed by atoms with E-state index in [-0.39, 0.29) is 18.2 Å². The van der Waals surface area contributed by atoms with Crippen molar-refractivity contribution in [3.8, 4) is 16.3 Å². The van der Waals surface area contributed by atoms with Gasteiger partial charge in [0, 0.05) is 18.0 Å².